The third-order valence-corrected chi connectivity index (χ3v) is 6.24. The van der Waals surface area contributed by atoms with Crippen molar-refractivity contribution in [3.05, 3.63) is 70.1 Å². The largest absolute Gasteiger partial charge is 0.497 e. The smallest absolute Gasteiger partial charge is 0.277 e. The van der Waals surface area contributed by atoms with E-state index in [1.54, 1.807) is 32.4 Å². The summed E-state index contributed by atoms with van der Waals surface area (Å²) in [5.74, 6) is 1.56. The van der Waals surface area contributed by atoms with E-state index < -0.39 is 0 Å². The first kappa shape index (κ1) is 24.8. The van der Waals surface area contributed by atoms with Crippen molar-refractivity contribution in [2.24, 2.45) is 0 Å². The van der Waals surface area contributed by atoms with Gasteiger partial charge in [-0.1, -0.05) is 12.1 Å². The molecule has 2 heterocycles. The number of ether oxygens (including phenoxy) is 3. The zero-order valence-electron chi connectivity index (χ0n) is 21.1. The van der Waals surface area contributed by atoms with Crippen molar-refractivity contribution in [3.63, 3.8) is 0 Å². The summed E-state index contributed by atoms with van der Waals surface area (Å²) in [5, 5.41) is 7.47. The summed E-state index contributed by atoms with van der Waals surface area (Å²) in [4.78, 5) is 26.3. The Hall–Kier alpha value is -4.27. The summed E-state index contributed by atoms with van der Waals surface area (Å²) < 4.78 is 19.5. The van der Waals surface area contributed by atoms with Gasteiger partial charge in [0.1, 0.15) is 22.9 Å². The van der Waals surface area contributed by atoms with Crippen LogP contribution in [-0.2, 0) is 17.8 Å². The molecule has 9 nitrogen and oxygen atoms in total. The van der Waals surface area contributed by atoms with Crippen LogP contribution < -0.4 is 25.1 Å². The van der Waals surface area contributed by atoms with Crippen molar-refractivity contribution < 1.29 is 19.0 Å². The van der Waals surface area contributed by atoms with Gasteiger partial charge in [-0.3, -0.25) is 9.59 Å². The van der Waals surface area contributed by atoms with E-state index >= 15 is 0 Å². The number of methoxy groups -OCH3 is 3. The van der Waals surface area contributed by atoms with Crippen molar-refractivity contribution in [1.29, 1.82) is 0 Å². The number of anilines is 1. The third-order valence-electron chi connectivity index (χ3n) is 6.24. The summed E-state index contributed by atoms with van der Waals surface area (Å²) in [5.41, 5.74) is 3.77. The fraction of sp³-hybridized carbons (Fsp3) is 0.296. The van der Waals surface area contributed by atoms with Crippen LogP contribution in [0.25, 0.3) is 16.9 Å². The van der Waals surface area contributed by atoms with Crippen LogP contribution in [0, 0.1) is 6.92 Å². The molecule has 36 heavy (non-hydrogen) atoms. The van der Waals surface area contributed by atoms with Gasteiger partial charge in [-0.15, -0.1) is 0 Å². The lowest BCUT2D eigenvalue weighted by Crippen LogP contribution is -2.26. The number of benzene rings is 2. The number of hydrogen-bond acceptors (Lipinski definition) is 6. The Morgan fingerprint density at radius 1 is 1.00 bits per heavy atom. The Labute approximate surface area is 209 Å². The van der Waals surface area contributed by atoms with Gasteiger partial charge in [0.25, 0.3) is 5.56 Å². The van der Waals surface area contributed by atoms with Gasteiger partial charge in [0.15, 0.2) is 0 Å². The number of aryl methyl sites for hydroxylation is 1. The minimum atomic E-state index is -0.237. The molecule has 0 bridgehead atoms. The normalized spacial score (nSPS) is 10.9. The lowest BCUT2D eigenvalue weighted by Gasteiger charge is -2.15. The molecule has 0 saturated heterocycles. The fourth-order valence-electron chi connectivity index (χ4n) is 4.37. The maximum atomic E-state index is 13.5. The van der Waals surface area contributed by atoms with Crippen molar-refractivity contribution in [2.45, 2.75) is 33.2 Å². The van der Waals surface area contributed by atoms with Gasteiger partial charge in [0, 0.05) is 41.9 Å². The summed E-state index contributed by atoms with van der Waals surface area (Å²) in [7, 11) is 4.70. The van der Waals surface area contributed by atoms with E-state index in [1.807, 2.05) is 48.7 Å². The molecule has 0 saturated carbocycles. The number of nitrogens with one attached hydrogen (secondary N) is 1. The van der Waals surface area contributed by atoms with Gasteiger partial charge in [-0.2, -0.15) is 9.61 Å². The van der Waals surface area contributed by atoms with Crippen molar-refractivity contribution in [1.82, 2.24) is 14.2 Å². The first-order valence-electron chi connectivity index (χ1n) is 11.7. The summed E-state index contributed by atoms with van der Waals surface area (Å²) >= 11 is 0. The monoisotopic (exact) mass is 490 g/mol. The second kappa shape index (κ2) is 10.6. The van der Waals surface area contributed by atoms with Crippen LogP contribution >= 0.6 is 0 Å². The topological polar surface area (TPSA) is 96.1 Å². The molecule has 1 amide bonds. The van der Waals surface area contributed by atoms with E-state index in [1.165, 1.54) is 11.6 Å². The van der Waals surface area contributed by atoms with Crippen LogP contribution in [0.4, 0.5) is 5.69 Å². The van der Waals surface area contributed by atoms with E-state index in [2.05, 4.69) is 10.4 Å². The molecule has 0 aliphatic carbocycles. The number of carbonyl (C=O) groups is 1. The first-order valence-corrected chi connectivity index (χ1v) is 11.7. The molecule has 0 atom stereocenters. The molecule has 0 unspecified atom stereocenters. The number of nitrogens with zero attached hydrogens (tertiary/aromatic N) is 3. The highest BCUT2D eigenvalue weighted by atomic mass is 16.5. The predicted octanol–water partition coefficient (Wildman–Crippen LogP) is 4.09. The zero-order chi connectivity index (χ0) is 25.8. The van der Waals surface area contributed by atoms with Gasteiger partial charge in [-0.05, 0) is 44.5 Å². The molecule has 0 fully saturated rings. The van der Waals surface area contributed by atoms with E-state index in [9.17, 15) is 9.59 Å². The number of carbonyl (C=O) groups excluding carboxylic acids is 1. The molecule has 0 aliphatic heterocycles. The van der Waals surface area contributed by atoms with Crippen LogP contribution in [0.5, 0.6) is 17.2 Å². The number of para-hydroxylation sites is 1. The van der Waals surface area contributed by atoms with Gasteiger partial charge in [0.05, 0.1) is 32.7 Å². The maximum Gasteiger partial charge on any atom is 0.277 e. The Balaban J connectivity index is 1.65. The van der Waals surface area contributed by atoms with E-state index in [-0.39, 0.29) is 24.3 Å². The average Bonchev–Trinajstić information content (AvgIpc) is 3.34. The van der Waals surface area contributed by atoms with E-state index in [4.69, 9.17) is 14.2 Å². The summed E-state index contributed by atoms with van der Waals surface area (Å²) in [6, 6.07) is 14.6. The second-order valence-corrected chi connectivity index (χ2v) is 8.23. The summed E-state index contributed by atoms with van der Waals surface area (Å²) in [6.07, 6.45) is 0.384. The van der Waals surface area contributed by atoms with Crippen LogP contribution in [0.1, 0.15) is 24.6 Å². The highest BCUT2D eigenvalue weighted by Crippen LogP contribution is 2.30. The molecule has 188 valence electrons. The van der Waals surface area contributed by atoms with Gasteiger partial charge in [-0.25, -0.2) is 0 Å². The molecule has 0 aliphatic rings. The van der Waals surface area contributed by atoms with Crippen LogP contribution in [0.3, 0.4) is 0 Å². The molecular weight excluding hydrogens is 460 g/mol. The van der Waals surface area contributed by atoms with Crippen LogP contribution in [-0.4, -0.2) is 41.4 Å². The standard InChI is InChI=1S/C27H30N4O5/c1-6-30-17(2)19(12-14-25(32)28-22-15-18(34-3)11-13-24(22)36-5)27(33)31-26(30)16-21(29-31)20-9-7-8-10-23(20)35-4/h7-11,13,15-16H,6,12,14H2,1-5H3,(H,28,32). The number of aromatic nitrogens is 3. The molecule has 9 heteroatoms. The van der Waals surface area contributed by atoms with Crippen molar-refractivity contribution in [2.75, 3.05) is 26.6 Å². The van der Waals surface area contributed by atoms with Crippen molar-refractivity contribution >= 4 is 17.2 Å². The minimum Gasteiger partial charge on any atom is -0.497 e. The lowest BCUT2D eigenvalue weighted by molar-refractivity contribution is -0.116. The van der Waals surface area contributed by atoms with Gasteiger partial charge in [0.2, 0.25) is 5.91 Å². The molecule has 2 aromatic heterocycles. The molecular formula is C27H30N4O5. The highest BCUT2D eigenvalue weighted by molar-refractivity contribution is 5.92. The molecule has 4 rings (SSSR count). The first-order chi connectivity index (χ1) is 17.4. The predicted molar refractivity (Wildman–Crippen MR) is 138 cm³/mol. The summed E-state index contributed by atoms with van der Waals surface area (Å²) in [6.45, 7) is 4.56. The maximum absolute atomic E-state index is 13.5. The number of amides is 1. The van der Waals surface area contributed by atoms with E-state index in [0.29, 0.717) is 46.4 Å². The van der Waals surface area contributed by atoms with E-state index in [0.717, 1.165) is 11.3 Å². The van der Waals surface area contributed by atoms with Gasteiger partial charge < -0.3 is 24.1 Å². The van der Waals surface area contributed by atoms with Crippen LogP contribution in [0.2, 0.25) is 0 Å². The molecule has 0 spiro atoms. The quantitative estimate of drug-likeness (QED) is 0.380. The van der Waals surface area contributed by atoms with Crippen molar-refractivity contribution in [3.8, 4) is 28.5 Å². The Morgan fingerprint density at radius 2 is 1.75 bits per heavy atom. The highest BCUT2D eigenvalue weighted by Gasteiger charge is 2.19. The fourth-order valence-corrected chi connectivity index (χ4v) is 4.37. The number of hydrogen-bond donors (Lipinski definition) is 1. The molecule has 1 N–H and O–H groups in total. The average molecular weight is 491 g/mol. The Bertz CT molecular complexity index is 1470. The molecule has 0 radical (unpaired) electrons. The molecule has 4 aromatic rings. The van der Waals surface area contributed by atoms with Gasteiger partial charge >= 0.3 is 0 Å². The molecule has 2 aromatic carbocycles. The number of fused-ring (bicyclic) bond motifs is 1. The SMILES string of the molecule is CCn1c(C)c(CCC(=O)Nc2cc(OC)ccc2OC)c(=O)n2nc(-c3ccccc3OC)cc12. The zero-order valence-corrected chi connectivity index (χ0v) is 21.1. The lowest BCUT2D eigenvalue weighted by atomic mass is 10.1. The minimum absolute atomic E-state index is 0.117. The number of rotatable bonds is 9. The third kappa shape index (κ3) is 4.64. The Morgan fingerprint density at radius 3 is 2.44 bits per heavy atom. The van der Waals surface area contributed by atoms with Crippen LogP contribution in [0.15, 0.2) is 53.3 Å². The Kier molecular flexibility index (Phi) is 7.28. The second-order valence-electron chi connectivity index (χ2n) is 8.23.